The van der Waals surface area contributed by atoms with Crippen molar-refractivity contribution in [2.45, 2.75) is 0 Å². The Morgan fingerprint density at radius 1 is 1.00 bits per heavy atom. The van der Waals surface area contributed by atoms with Crippen molar-refractivity contribution in [2.75, 3.05) is 0 Å². The summed E-state index contributed by atoms with van der Waals surface area (Å²) >= 11 is 3.07. The van der Waals surface area contributed by atoms with Gasteiger partial charge in [0.1, 0.15) is 11.6 Å². The van der Waals surface area contributed by atoms with Crippen LogP contribution < -0.4 is 0 Å². The van der Waals surface area contributed by atoms with Crippen LogP contribution in [0.3, 0.4) is 0 Å². The third-order valence-electron chi connectivity index (χ3n) is 2.35. The molecule has 2 aromatic rings. The lowest BCUT2D eigenvalue weighted by Gasteiger charge is -2.06. The zero-order valence-electron chi connectivity index (χ0n) is 8.68. The van der Waals surface area contributed by atoms with E-state index in [-0.39, 0.29) is 17.1 Å². The lowest BCUT2D eigenvalue weighted by Crippen LogP contribution is -2.04. The molecule has 0 bridgehead atoms. The Bertz CT molecular complexity index is 564. The molecular weight excluding hydrogens is 288 g/mol. The SMILES string of the molecule is N=C(c1ccc(F)cc1)c1cccc(Br)c1F. The normalized spacial score (nSPS) is 10.3. The van der Waals surface area contributed by atoms with Crippen LogP contribution in [-0.4, -0.2) is 5.71 Å². The lowest BCUT2D eigenvalue weighted by atomic mass is 10.0. The maximum absolute atomic E-state index is 13.8. The standard InChI is InChI=1S/C13H8BrF2N/c14-11-3-1-2-10(12(11)16)13(17)8-4-6-9(15)7-5-8/h1-7,17H. The molecule has 0 fully saturated rings. The Labute approximate surface area is 106 Å². The minimum atomic E-state index is -0.484. The highest BCUT2D eigenvalue weighted by atomic mass is 79.9. The van der Waals surface area contributed by atoms with E-state index in [1.165, 1.54) is 30.3 Å². The molecule has 0 aromatic heterocycles. The van der Waals surface area contributed by atoms with Gasteiger partial charge in [-0.25, -0.2) is 8.78 Å². The van der Waals surface area contributed by atoms with E-state index in [4.69, 9.17) is 5.41 Å². The van der Waals surface area contributed by atoms with E-state index in [2.05, 4.69) is 15.9 Å². The molecule has 0 aliphatic carbocycles. The Morgan fingerprint density at radius 2 is 1.65 bits per heavy atom. The minimum Gasteiger partial charge on any atom is -0.300 e. The second-order valence-electron chi connectivity index (χ2n) is 3.48. The van der Waals surface area contributed by atoms with Crippen LogP contribution in [0.4, 0.5) is 8.78 Å². The van der Waals surface area contributed by atoms with Gasteiger partial charge in [-0.15, -0.1) is 0 Å². The van der Waals surface area contributed by atoms with E-state index in [1.807, 2.05) is 0 Å². The first-order valence-electron chi connectivity index (χ1n) is 4.88. The van der Waals surface area contributed by atoms with Gasteiger partial charge in [-0.3, -0.25) is 5.41 Å². The molecule has 0 radical (unpaired) electrons. The summed E-state index contributed by atoms with van der Waals surface area (Å²) in [5, 5.41) is 7.90. The molecular formula is C13H8BrF2N. The number of hydrogen-bond acceptors (Lipinski definition) is 1. The molecule has 4 heteroatoms. The number of rotatable bonds is 2. The highest BCUT2D eigenvalue weighted by Gasteiger charge is 2.12. The molecule has 17 heavy (non-hydrogen) atoms. The van der Waals surface area contributed by atoms with Crippen LogP contribution in [-0.2, 0) is 0 Å². The smallest absolute Gasteiger partial charge is 0.146 e. The predicted molar refractivity (Wildman–Crippen MR) is 66.4 cm³/mol. The van der Waals surface area contributed by atoms with Crippen molar-refractivity contribution in [2.24, 2.45) is 0 Å². The Morgan fingerprint density at radius 3 is 2.29 bits per heavy atom. The summed E-state index contributed by atoms with van der Waals surface area (Å²) in [5.41, 5.74) is 0.693. The summed E-state index contributed by atoms with van der Waals surface area (Å²) in [6, 6.07) is 10.2. The zero-order valence-corrected chi connectivity index (χ0v) is 10.3. The molecule has 1 N–H and O–H groups in total. The molecule has 0 spiro atoms. The molecule has 2 rings (SSSR count). The second kappa shape index (κ2) is 4.75. The summed E-state index contributed by atoms with van der Waals surface area (Å²) in [4.78, 5) is 0. The maximum atomic E-state index is 13.8. The molecule has 0 saturated heterocycles. The number of hydrogen-bond donors (Lipinski definition) is 1. The van der Waals surface area contributed by atoms with Gasteiger partial charge in [0.05, 0.1) is 10.2 Å². The van der Waals surface area contributed by atoms with Gasteiger partial charge in [-0.1, -0.05) is 6.07 Å². The molecule has 0 atom stereocenters. The molecule has 0 aliphatic heterocycles. The first kappa shape index (κ1) is 11.9. The first-order valence-corrected chi connectivity index (χ1v) is 5.68. The quantitative estimate of drug-likeness (QED) is 0.805. The van der Waals surface area contributed by atoms with Crippen LogP contribution in [0.25, 0.3) is 0 Å². The van der Waals surface area contributed by atoms with Gasteiger partial charge < -0.3 is 0 Å². The van der Waals surface area contributed by atoms with Crippen LogP contribution in [0.5, 0.6) is 0 Å². The number of nitrogens with one attached hydrogen (secondary N) is 1. The molecule has 86 valence electrons. The topological polar surface area (TPSA) is 23.9 Å². The molecule has 0 aliphatic rings. The van der Waals surface area contributed by atoms with Crippen molar-refractivity contribution in [3.63, 3.8) is 0 Å². The summed E-state index contributed by atoms with van der Waals surface area (Å²) in [6.45, 7) is 0. The van der Waals surface area contributed by atoms with E-state index < -0.39 is 5.82 Å². The first-order chi connectivity index (χ1) is 8.09. The minimum absolute atomic E-state index is 0.0313. The van der Waals surface area contributed by atoms with Crippen molar-refractivity contribution < 1.29 is 8.78 Å². The largest absolute Gasteiger partial charge is 0.300 e. The fourth-order valence-electron chi connectivity index (χ4n) is 1.47. The Balaban J connectivity index is 2.44. The highest BCUT2D eigenvalue weighted by Crippen LogP contribution is 2.21. The van der Waals surface area contributed by atoms with Crippen molar-refractivity contribution in [1.82, 2.24) is 0 Å². The van der Waals surface area contributed by atoms with Crippen LogP contribution in [0.1, 0.15) is 11.1 Å². The Hall–Kier alpha value is -1.55. The Kier molecular flexibility index (Phi) is 3.33. The molecule has 1 nitrogen and oxygen atoms in total. The molecule has 0 amide bonds. The fourth-order valence-corrected chi connectivity index (χ4v) is 1.84. The van der Waals surface area contributed by atoms with Crippen molar-refractivity contribution in [1.29, 1.82) is 5.41 Å². The van der Waals surface area contributed by atoms with E-state index in [9.17, 15) is 8.78 Å². The van der Waals surface area contributed by atoms with Crippen LogP contribution >= 0.6 is 15.9 Å². The summed E-state index contributed by atoms with van der Waals surface area (Å²) in [6.07, 6.45) is 0. The third-order valence-corrected chi connectivity index (χ3v) is 2.97. The zero-order chi connectivity index (χ0) is 12.4. The van der Waals surface area contributed by atoms with Crippen molar-refractivity contribution in [3.8, 4) is 0 Å². The van der Waals surface area contributed by atoms with E-state index >= 15 is 0 Å². The van der Waals surface area contributed by atoms with Gasteiger partial charge in [-0.05, 0) is 52.3 Å². The molecule has 0 heterocycles. The lowest BCUT2D eigenvalue weighted by molar-refractivity contribution is 0.618. The van der Waals surface area contributed by atoms with Crippen LogP contribution in [0.2, 0.25) is 0 Å². The van der Waals surface area contributed by atoms with Gasteiger partial charge in [-0.2, -0.15) is 0 Å². The summed E-state index contributed by atoms with van der Waals surface area (Å²) in [7, 11) is 0. The van der Waals surface area contributed by atoms with Gasteiger partial charge >= 0.3 is 0 Å². The second-order valence-corrected chi connectivity index (χ2v) is 4.34. The molecule has 0 unspecified atom stereocenters. The van der Waals surface area contributed by atoms with Crippen molar-refractivity contribution >= 4 is 21.6 Å². The summed E-state index contributed by atoms with van der Waals surface area (Å²) < 4.78 is 26.8. The molecule has 0 saturated carbocycles. The monoisotopic (exact) mass is 295 g/mol. The predicted octanol–water partition coefficient (Wildman–Crippen LogP) is 4.14. The van der Waals surface area contributed by atoms with Gasteiger partial charge in [0.2, 0.25) is 0 Å². The van der Waals surface area contributed by atoms with E-state index in [0.717, 1.165) is 0 Å². The molecule has 2 aromatic carbocycles. The number of halogens is 3. The number of benzene rings is 2. The fraction of sp³-hybridized carbons (Fsp3) is 0. The van der Waals surface area contributed by atoms with Gasteiger partial charge in [0.25, 0.3) is 0 Å². The van der Waals surface area contributed by atoms with Gasteiger partial charge in [0, 0.05) is 11.1 Å². The van der Waals surface area contributed by atoms with Crippen molar-refractivity contribution in [3.05, 3.63) is 69.7 Å². The highest BCUT2D eigenvalue weighted by molar-refractivity contribution is 9.10. The summed E-state index contributed by atoms with van der Waals surface area (Å²) in [5.74, 6) is -0.863. The average Bonchev–Trinajstić information content (AvgIpc) is 2.33. The van der Waals surface area contributed by atoms with E-state index in [0.29, 0.717) is 10.0 Å². The van der Waals surface area contributed by atoms with Gasteiger partial charge in [0.15, 0.2) is 0 Å². The third kappa shape index (κ3) is 2.42. The maximum Gasteiger partial charge on any atom is 0.146 e. The van der Waals surface area contributed by atoms with Crippen LogP contribution in [0, 0.1) is 17.0 Å². The van der Waals surface area contributed by atoms with Crippen LogP contribution in [0.15, 0.2) is 46.9 Å². The van der Waals surface area contributed by atoms with E-state index in [1.54, 1.807) is 12.1 Å². The average molecular weight is 296 g/mol.